The number of nitrogens with one attached hydrogen (secondary N) is 1. The lowest BCUT2D eigenvalue weighted by atomic mass is 10.2. The number of nitrogens with zero attached hydrogens (tertiary/aromatic N) is 2. The van der Waals surface area contributed by atoms with E-state index >= 15 is 0 Å². The number of aromatic carboxylic acids is 1. The van der Waals surface area contributed by atoms with E-state index in [0.29, 0.717) is 6.20 Å². The first-order chi connectivity index (χ1) is 9.20. The highest BCUT2D eigenvalue weighted by molar-refractivity contribution is 5.98. The Morgan fingerprint density at radius 1 is 1.35 bits per heavy atom. The summed E-state index contributed by atoms with van der Waals surface area (Å²) in [7, 11) is 0. The minimum Gasteiger partial charge on any atom is -0.478 e. The maximum Gasteiger partial charge on any atom is 0.471 e. The van der Waals surface area contributed by atoms with E-state index in [9.17, 15) is 27.2 Å². The lowest BCUT2D eigenvalue weighted by Crippen LogP contribution is -2.30. The van der Waals surface area contributed by atoms with Crippen LogP contribution >= 0.6 is 0 Å². The summed E-state index contributed by atoms with van der Waals surface area (Å²) in [4.78, 5) is 21.6. The van der Waals surface area contributed by atoms with Crippen LogP contribution < -0.4 is 5.32 Å². The summed E-state index contributed by atoms with van der Waals surface area (Å²) in [5.74, 6) is -4.94. The van der Waals surface area contributed by atoms with E-state index < -0.39 is 29.6 Å². The summed E-state index contributed by atoms with van der Waals surface area (Å²) >= 11 is 0. The molecular formula is C10H5F4N3O3. The van der Waals surface area contributed by atoms with Crippen LogP contribution in [0.15, 0.2) is 18.5 Å². The standard InChI is InChI=1S/C10H5F4N3O3/c11-5-3-17-7(4(2-15-17)8(18)19)1-6(5)16-9(20)10(12,13)14/h1-3H,(H,16,20)(H,18,19). The molecule has 0 aliphatic heterocycles. The molecule has 6 nitrogen and oxygen atoms in total. The number of carbonyl (C=O) groups excluding carboxylic acids is 1. The zero-order chi connectivity index (χ0) is 15.1. The third-order valence-corrected chi connectivity index (χ3v) is 2.34. The topological polar surface area (TPSA) is 83.7 Å². The van der Waals surface area contributed by atoms with Crippen molar-refractivity contribution in [2.24, 2.45) is 0 Å². The highest BCUT2D eigenvalue weighted by Crippen LogP contribution is 2.23. The first kappa shape index (κ1) is 13.8. The van der Waals surface area contributed by atoms with Crippen LogP contribution in [0, 0.1) is 5.82 Å². The SMILES string of the molecule is O=C(O)c1cnn2cc(F)c(NC(=O)C(F)(F)F)cc12. The minimum absolute atomic E-state index is 0.156. The number of carbonyl (C=O) groups is 2. The molecule has 0 aliphatic rings. The number of carboxylic acid groups (broad SMARTS) is 1. The number of hydrogen-bond acceptors (Lipinski definition) is 3. The third-order valence-electron chi connectivity index (χ3n) is 2.34. The first-order valence-electron chi connectivity index (χ1n) is 4.98. The molecule has 2 heterocycles. The Bertz CT molecular complexity index is 708. The molecule has 2 rings (SSSR count). The Hall–Kier alpha value is -2.65. The highest BCUT2D eigenvalue weighted by Gasteiger charge is 2.39. The summed E-state index contributed by atoms with van der Waals surface area (Å²) < 4.78 is 50.6. The maximum atomic E-state index is 13.5. The molecule has 10 heteroatoms. The van der Waals surface area contributed by atoms with Gasteiger partial charge in [0.05, 0.1) is 23.6 Å². The normalized spacial score (nSPS) is 11.6. The van der Waals surface area contributed by atoms with Gasteiger partial charge in [0.15, 0.2) is 5.82 Å². The van der Waals surface area contributed by atoms with Crippen molar-refractivity contribution in [1.82, 2.24) is 9.61 Å². The fourth-order valence-corrected chi connectivity index (χ4v) is 1.45. The van der Waals surface area contributed by atoms with Gasteiger partial charge in [-0.1, -0.05) is 0 Å². The molecular weight excluding hydrogens is 286 g/mol. The molecule has 0 aromatic carbocycles. The van der Waals surface area contributed by atoms with Gasteiger partial charge in [-0.3, -0.25) is 4.79 Å². The number of fused-ring (bicyclic) bond motifs is 1. The Morgan fingerprint density at radius 2 is 2.00 bits per heavy atom. The van der Waals surface area contributed by atoms with Crippen molar-refractivity contribution in [3.05, 3.63) is 29.8 Å². The van der Waals surface area contributed by atoms with Gasteiger partial charge in [0.25, 0.3) is 0 Å². The van der Waals surface area contributed by atoms with Crippen LogP contribution in [0.3, 0.4) is 0 Å². The Kier molecular flexibility index (Phi) is 3.08. The van der Waals surface area contributed by atoms with Gasteiger partial charge < -0.3 is 10.4 Å². The Labute approximate surface area is 107 Å². The largest absolute Gasteiger partial charge is 0.478 e. The minimum atomic E-state index is -5.19. The van der Waals surface area contributed by atoms with E-state index in [1.807, 2.05) is 0 Å². The first-order valence-corrected chi connectivity index (χ1v) is 4.98. The average Bonchev–Trinajstić information content (AvgIpc) is 2.70. The molecule has 2 N–H and O–H groups in total. The number of pyridine rings is 1. The number of alkyl halides is 3. The van der Waals surface area contributed by atoms with Crippen molar-refractivity contribution < 1.29 is 32.3 Å². The monoisotopic (exact) mass is 291 g/mol. The zero-order valence-electron chi connectivity index (χ0n) is 9.40. The van der Waals surface area contributed by atoms with Gasteiger partial charge in [-0.05, 0) is 6.07 Å². The lowest BCUT2D eigenvalue weighted by molar-refractivity contribution is -0.167. The van der Waals surface area contributed by atoms with Crippen molar-refractivity contribution in [1.29, 1.82) is 0 Å². The van der Waals surface area contributed by atoms with Crippen LogP contribution in [-0.2, 0) is 4.79 Å². The van der Waals surface area contributed by atoms with Crippen LogP contribution in [-0.4, -0.2) is 32.8 Å². The number of carboxylic acids is 1. The average molecular weight is 291 g/mol. The van der Waals surface area contributed by atoms with E-state index in [1.54, 1.807) is 0 Å². The quantitative estimate of drug-likeness (QED) is 0.824. The molecule has 0 fully saturated rings. The van der Waals surface area contributed by atoms with E-state index in [-0.39, 0.29) is 11.1 Å². The predicted octanol–water partition coefficient (Wildman–Crippen LogP) is 1.67. The van der Waals surface area contributed by atoms with Crippen LogP contribution in [0.25, 0.3) is 5.52 Å². The number of anilines is 1. The molecule has 0 spiro atoms. The van der Waals surface area contributed by atoms with Crippen molar-refractivity contribution in [3.8, 4) is 0 Å². The fourth-order valence-electron chi connectivity index (χ4n) is 1.45. The zero-order valence-corrected chi connectivity index (χ0v) is 9.40. The van der Waals surface area contributed by atoms with Crippen molar-refractivity contribution in [2.45, 2.75) is 6.18 Å². The van der Waals surface area contributed by atoms with Gasteiger partial charge in [-0.25, -0.2) is 13.7 Å². The Balaban J connectivity index is 2.49. The van der Waals surface area contributed by atoms with E-state index in [1.165, 1.54) is 5.32 Å². The maximum absolute atomic E-state index is 13.5. The number of amides is 1. The molecule has 2 aromatic rings. The number of aromatic nitrogens is 2. The van der Waals surface area contributed by atoms with Gasteiger partial charge >= 0.3 is 18.1 Å². The third kappa shape index (κ3) is 2.39. The van der Waals surface area contributed by atoms with Crippen molar-refractivity contribution >= 4 is 23.1 Å². The summed E-state index contributed by atoms with van der Waals surface area (Å²) in [6, 6.07) is 0.759. The lowest BCUT2D eigenvalue weighted by Gasteiger charge is -2.09. The summed E-state index contributed by atoms with van der Waals surface area (Å²) in [5.41, 5.74) is -1.29. The van der Waals surface area contributed by atoms with Crippen LogP contribution in [0.4, 0.5) is 23.2 Å². The van der Waals surface area contributed by atoms with Gasteiger partial charge in [-0.15, -0.1) is 0 Å². The molecule has 0 unspecified atom stereocenters. The van der Waals surface area contributed by atoms with Crippen molar-refractivity contribution in [2.75, 3.05) is 5.32 Å². The van der Waals surface area contributed by atoms with Crippen LogP contribution in [0.1, 0.15) is 10.4 Å². The molecule has 0 saturated carbocycles. The van der Waals surface area contributed by atoms with Gasteiger partial charge in [-0.2, -0.15) is 18.3 Å². The molecule has 0 bridgehead atoms. The van der Waals surface area contributed by atoms with E-state index in [2.05, 4.69) is 5.10 Å². The van der Waals surface area contributed by atoms with Gasteiger partial charge in [0.2, 0.25) is 0 Å². The molecule has 20 heavy (non-hydrogen) atoms. The summed E-state index contributed by atoms with van der Waals surface area (Å²) in [5, 5.41) is 13.7. The molecule has 0 radical (unpaired) electrons. The van der Waals surface area contributed by atoms with E-state index in [0.717, 1.165) is 16.8 Å². The second kappa shape index (κ2) is 4.47. The second-order valence-electron chi connectivity index (χ2n) is 3.68. The number of rotatable bonds is 2. The van der Waals surface area contributed by atoms with Crippen LogP contribution in [0.5, 0.6) is 0 Å². The Morgan fingerprint density at radius 3 is 2.55 bits per heavy atom. The van der Waals surface area contributed by atoms with E-state index in [4.69, 9.17) is 5.11 Å². The second-order valence-corrected chi connectivity index (χ2v) is 3.68. The molecule has 0 aliphatic carbocycles. The van der Waals surface area contributed by atoms with Crippen molar-refractivity contribution in [3.63, 3.8) is 0 Å². The highest BCUT2D eigenvalue weighted by atomic mass is 19.4. The molecule has 106 valence electrons. The number of hydrogen-bond donors (Lipinski definition) is 2. The predicted molar refractivity (Wildman–Crippen MR) is 56.8 cm³/mol. The van der Waals surface area contributed by atoms with Crippen LogP contribution in [0.2, 0.25) is 0 Å². The van der Waals surface area contributed by atoms with Gasteiger partial charge in [0.1, 0.15) is 5.56 Å². The molecule has 0 saturated heterocycles. The summed E-state index contributed by atoms with van der Waals surface area (Å²) in [6.07, 6.45) is -3.62. The number of halogens is 4. The fraction of sp³-hybridized carbons (Fsp3) is 0.100. The summed E-state index contributed by atoms with van der Waals surface area (Å²) in [6.45, 7) is 0. The smallest absolute Gasteiger partial charge is 0.471 e. The molecule has 2 aromatic heterocycles. The molecule has 0 atom stereocenters. The van der Waals surface area contributed by atoms with Gasteiger partial charge in [0, 0.05) is 0 Å². The molecule has 1 amide bonds.